The van der Waals surface area contributed by atoms with E-state index in [4.69, 9.17) is 9.26 Å². The van der Waals surface area contributed by atoms with Crippen LogP contribution in [-0.4, -0.2) is 29.7 Å². The first kappa shape index (κ1) is 31.6. The molecule has 0 bridgehead atoms. The summed E-state index contributed by atoms with van der Waals surface area (Å²) < 4.78 is 60.1. The molecule has 0 spiro atoms. The largest absolute Gasteiger partial charge is 0.419 e. The molecule has 204 valence electrons. The number of anilines is 1. The van der Waals surface area contributed by atoms with Crippen LogP contribution in [0.15, 0.2) is 28.8 Å². The quantitative estimate of drug-likeness (QED) is 0.185. The Kier molecular flexibility index (Phi) is 12.6. The number of rotatable bonds is 11. The van der Waals surface area contributed by atoms with Crippen molar-refractivity contribution in [3.63, 3.8) is 0 Å². The molecule has 1 unspecified atom stereocenters. The van der Waals surface area contributed by atoms with Crippen LogP contribution >= 0.6 is 0 Å². The van der Waals surface area contributed by atoms with Gasteiger partial charge in [-0.1, -0.05) is 44.8 Å². The number of hydrogen-bond donors (Lipinski definition) is 1. The first-order valence-corrected chi connectivity index (χ1v) is 12.4. The predicted octanol–water partition coefficient (Wildman–Crippen LogP) is 8.27. The van der Waals surface area contributed by atoms with Gasteiger partial charge in [-0.15, -0.1) is 0 Å². The molecule has 0 amide bonds. The molecule has 2 aromatic rings. The van der Waals surface area contributed by atoms with Gasteiger partial charge in [-0.3, -0.25) is 4.79 Å². The highest BCUT2D eigenvalue weighted by Crippen LogP contribution is 2.31. The second-order valence-electron chi connectivity index (χ2n) is 10.2. The number of carbonyl (C=O) groups is 1. The summed E-state index contributed by atoms with van der Waals surface area (Å²) in [6.45, 7) is 15.5. The summed E-state index contributed by atoms with van der Waals surface area (Å²) >= 11 is 0. The number of nitrogens with zero attached hydrogens (tertiary/aromatic N) is 1. The minimum atomic E-state index is -4.72. The Hall–Kier alpha value is -2.42. The van der Waals surface area contributed by atoms with Gasteiger partial charge in [0.25, 0.3) is 0 Å². The number of hydrogen-bond acceptors (Lipinski definition) is 5. The molecule has 2 rings (SSSR count). The van der Waals surface area contributed by atoms with E-state index in [1.165, 1.54) is 25.7 Å². The molecule has 1 N–H and O–H groups in total. The van der Waals surface area contributed by atoms with E-state index in [9.17, 15) is 22.4 Å². The maximum absolute atomic E-state index is 12.8. The van der Waals surface area contributed by atoms with Crippen molar-refractivity contribution in [2.45, 2.75) is 91.8 Å². The number of halogens is 4. The second-order valence-corrected chi connectivity index (χ2v) is 10.2. The van der Waals surface area contributed by atoms with E-state index >= 15 is 0 Å². The Bertz CT molecular complexity index is 934. The SMILES string of the molecule is CC(=O)c1ccc(C(F)(F)F)c(F)c1.CCCC(CCC(C)C)c1cc(NCCOC(C)(C)C)on1. The van der Waals surface area contributed by atoms with Crippen molar-refractivity contribution in [2.75, 3.05) is 18.5 Å². The molecule has 5 nitrogen and oxygen atoms in total. The summed E-state index contributed by atoms with van der Waals surface area (Å²) in [6.07, 6.45) is 0.0490. The molecular formula is C27H40F4N2O3. The smallest absolute Gasteiger partial charge is 0.374 e. The Morgan fingerprint density at radius 1 is 1.11 bits per heavy atom. The van der Waals surface area contributed by atoms with Crippen LogP contribution in [0.25, 0.3) is 0 Å². The van der Waals surface area contributed by atoms with E-state index in [0.29, 0.717) is 24.7 Å². The number of benzene rings is 1. The fourth-order valence-corrected chi connectivity index (χ4v) is 3.38. The zero-order valence-electron chi connectivity index (χ0n) is 22.4. The average Bonchev–Trinajstić information content (AvgIpc) is 3.21. The topological polar surface area (TPSA) is 64.4 Å². The molecule has 0 fully saturated rings. The Morgan fingerprint density at radius 3 is 2.28 bits per heavy atom. The molecular weight excluding hydrogens is 476 g/mol. The van der Waals surface area contributed by atoms with Crippen molar-refractivity contribution in [1.82, 2.24) is 5.16 Å². The van der Waals surface area contributed by atoms with Crippen LogP contribution in [0.5, 0.6) is 0 Å². The monoisotopic (exact) mass is 516 g/mol. The zero-order valence-corrected chi connectivity index (χ0v) is 22.4. The van der Waals surface area contributed by atoms with E-state index in [1.807, 2.05) is 0 Å². The molecule has 36 heavy (non-hydrogen) atoms. The number of nitrogens with one attached hydrogen (secondary N) is 1. The van der Waals surface area contributed by atoms with Crippen LogP contribution in [0, 0.1) is 11.7 Å². The molecule has 1 atom stereocenters. The Morgan fingerprint density at radius 2 is 1.78 bits per heavy atom. The summed E-state index contributed by atoms with van der Waals surface area (Å²) in [5.41, 5.74) is -0.447. The summed E-state index contributed by atoms with van der Waals surface area (Å²) in [4.78, 5) is 10.7. The third-order valence-electron chi connectivity index (χ3n) is 5.29. The maximum Gasteiger partial charge on any atom is 0.419 e. The average molecular weight is 517 g/mol. The lowest BCUT2D eigenvalue weighted by Gasteiger charge is -2.19. The van der Waals surface area contributed by atoms with Gasteiger partial charge in [-0.05, 0) is 58.6 Å². The van der Waals surface area contributed by atoms with Gasteiger partial charge in [0.2, 0.25) is 5.88 Å². The number of alkyl halides is 3. The van der Waals surface area contributed by atoms with E-state index in [0.717, 1.165) is 37.0 Å². The predicted molar refractivity (Wildman–Crippen MR) is 134 cm³/mol. The number of ether oxygens (including phenoxy) is 1. The highest BCUT2D eigenvalue weighted by Gasteiger charge is 2.34. The fourth-order valence-electron chi connectivity index (χ4n) is 3.38. The second kappa shape index (κ2) is 14.4. The summed E-state index contributed by atoms with van der Waals surface area (Å²) in [5, 5.41) is 7.51. The lowest BCUT2D eigenvalue weighted by Crippen LogP contribution is -2.23. The molecule has 1 heterocycles. The van der Waals surface area contributed by atoms with Gasteiger partial charge in [0.15, 0.2) is 5.78 Å². The molecule has 0 aliphatic heterocycles. The fraction of sp³-hybridized carbons (Fsp3) is 0.630. The van der Waals surface area contributed by atoms with Gasteiger partial charge in [0.1, 0.15) is 5.82 Å². The van der Waals surface area contributed by atoms with Crippen LogP contribution in [0.4, 0.5) is 23.4 Å². The maximum atomic E-state index is 12.8. The molecule has 0 aliphatic rings. The zero-order chi connectivity index (χ0) is 27.5. The number of Topliss-reactive ketones (excluding diaryl/α,β-unsaturated/α-hetero) is 1. The van der Waals surface area contributed by atoms with Gasteiger partial charge in [-0.2, -0.15) is 13.2 Å². The van der Waals surface area contributed by atoms with E-state index < -0.39 is 23.3 Å². The van der Waals surface area contributed by atoms with Gasteiger partial charge in [0.05, 0.1) is 23.5 Å². The van der Waals surface area contributed by atoms with E-state index in [1.54, 1.807) is 0 Å². The standard InChI is InChI=1S/C18H34N2O2.C9H6F4O/c1-7-8-15(10-9-14(2)3)16-13-17(22-20-16)19-11-12-21-18(4,5)6;1-5(14)6-2-3-7(8(10)4-6)9(11,12)13/h13-15,19H,7-12H2,1-6H3;2-4H,1H3. The Labute approximate surface area is 212 Å². The van der Waals surface area contributed by atoms with Crippen molar-refractivity contribution in [3.05, 3.63) is 46.9 Å². The van der Waals surface area contributed by atoms with E-state index in [2.05, 4.69) is 58.1 Å². The van der Waals surface area contributed by atoms with Gasteiger partial charge in [-0.25, -0.2) is 4.39 Å². The number of ketones is 1. The molecule has 0 saturated heterocycles. The van der Waals surface area contributed by atoms with Crippen molar-refractivity contribution in [3.8, 4) is 0 Å². The molecule has 0 aliphatic carbocycles. The molecule has 1 aromatic carbocycles. The van der Waals surface area contributed by atoms with Crippen LogP contribution in [0.2, 0.25) is 0 Å². The minimum absolute atomic E-state index is 0.0736. The van der Waals surface area contributed by atoms with Crippen LogP contribution < -0.4 is 5.32 Å². The highest BCUT2D eigenvalue weighted by atomic mass is 19.4. The highest BCUT2D eigenvalue weighted by molar-refractivity contribution is 5.94. The van der Waals surface area contributed by atoms with Crippen molar-refractivity contribution in [1.29, 1.82) is 0 Å². The lowest BCUT2D eigenvalue weighted by atomic mass is 9.91. The minimum Gasteiger partial charge on any atom is -0.374 e. The number of aromatic nitrogens is 1. The van der Waals surface area contributed by atoms with Gasteiger partial charge < -0.3 is 14.6 Å². The first-order chi connectivity index (χ1) is 16.6. The van der Waals surface area contributed by atoms with Crippen molar-refractivity contribution in [2.24, 2.45) is 5.92 Å². The number of carbonyl (C=O) groups excluding carboxylic acids is 1. The Balaban J connectivity index is 0.000000397. The summed E-state index contributed by atoms with van der Waals surface area (Å²) in [5.74, 6) is 0.0944. The van der Waals surface area contributed by atoms with E-state index in [-0.39, 0.29) is 11.2 Å². The molecule has 0 saturated carbocycles. The third-order valence-corrected chi connectivity index (χ3v) is 5.29. The third kappa shape index (κ3) is 12.0. The van der Waals surface area contributed by atoms with Crippen LogP contribution in [0.3, 0.4) is 0 Å². The molecule has 1 aromatic heterocycles. The van der Waals surface area contributed by atoms with Crippen LogP contribution in [-0.2, 0) is 10.9 Å². The first-order valence-electron chi connectivity index (χ1n) is 12.4. The molecule has 9 heteroatoms. The lowest BCUT2D eigenvalue weighted by molar-refractivity contribution is -0.140. The van der Waals surface area contributed by atoms with Crippen LogP contribution in [0.1, 0.15) is 102 Å². The normalized spacial score (nSPS) is 12.8. The summed E-state index contributed by atoms with van der Waals surface area (Å²) in [6, 6.07) is 4.16. The van der Waals surface area contributed by atoms with Crippen molar-refractivity contribution >= 4 is 11.7 Å². The molecule has 0 radical (unpaired) electrons. The van der Waals surface area contributed by atoms with Gasteiger partial charge in [0, 0.05) is 24.1 Å². The van der Waals surface area contributed by atoms with Crippen molar-refractivity contribution < 1.29 is 31.6 Å². The van der Waals surface area contributed by atoms with Gasteiger partial charge >= 0.3 is 6.18 Å². The summed E-state index contributed by atoms with van der Waals surface area (Å²) in [7, 11) is 0.